The number of benzene rings is 1. The molecule has 0 bridgehead atoms. The van der Waals surface area contributed by atoms with Gasteiger partial charge in [0.1, 0.15) is 5.82 Å². The number of nitrogens with one attached hydrogen (secondary N) is 1. The molecular formula is C15H14N2O3. The predicted molar refractivity (Wildman–Crippen MR) is 74.7 cm³/mol. The molecule has 1 aromatic heterocycles. The van der Waals surface area contributed by atoms with Gasteiger partial charge in [-0.05, 0) is 43.3 Å². The maximum absolute atomic E-state index is 12.0. The third-order valence-electron chi connectivity index (χ3n) is 2.70. The van der Waals surface area contributed by atoms with Crippen LogP contribution in [0.25, 0.3) is 0 Å². The van der Waals surface area contributed by atoms with Crippen LogP contribution < -0.4 is 5.32 Å². The molecule has 0 fully saturated rings. The van der Waals surface area contributed by atoms with Crippen LogP contribution in [0.2, 0.25) is 0 Å². The highest BCUT2D eigenvalue weighted by molar-refractivity contribution is 6.04. The molecule has 0 spiro atoms. The number of hydrogen-bond donors (Lipinski definition) is 1. The first-order valence-corrected chi connectivity index (χ1v) is 6.03. The van der Waals surface area contributed by atoms with Crippen molar-refractivity contribution in [2.45, 2.75) is 6.92 Å². The molecule has 0 aliphatic rings. The fraction of sp³-hybridized carbons (Fsp3) is 0.133. The molecule has 2 aromatic rings. The van der Waals surface area contributed by atoms with Crippen molar-refractivity contribution in [3.8, 4) is 0 Å². The van der Waals surface area contributed by atoms with Crippen molar-refractivity contribution in [2.75, 3.05) is 12.4 Å². The molecule has 1 amide bonds. The summed E-state index contributed by atoms with van der Waals surface area (Å²) < 4.78 is 4.60. The number of amides is 1. The Morgan fingerprint density at radius 1 is 1.05 bits per heavy atom. The number of carbonyl (C=O) groups excluding carboxylic acids is 2. The molecule has 5 nitrogen and oxygen atoms in total. The first-order valence-electron chi connectivity index (χ1n) is 6.03. The predicted octanol–water partition coefficient (Wildman–Crippen LogP) is 2.43. The quantitative estimate of drug-likeness (QED) is 0.870. The highest BCUT2D eigenvalue weighted by Crippen LogP contribution is 2.09. The first kappa shape index (κ1) is 13.7. The number of esters is 1. The fourth-order valence-corrected chi connectivity index (χ4v) is 1.68. The van der Waals surface area contributed by atoms with Gasteiger partial charge in [-0.2, -0.15) is 0 Å². The van der Waals surface area contributed by atoms with Crippen LogP contribution in [0.15, 0.2) is 42.5 Å². The summed E-state index contributed by atoms with van der Waals surface area (Å²) in [5, 5.41) is 2.70. The van der Waals surface area contributed by atoms with Crippen LogP contribution in [0.3, 0.4) is 0 Å². The van der Waals surface area contributed by atoms with Gasteiger partial charge in [0.25, 0.3) is 5.91 Å². The van der Waals surface area contributed by atoms with Crippen molar-refractivity contribution in [1.82, 2.24) is 4.98 Å². The van der Waals surface area contributed by atoms with E-state index in [0.29, 0.717) is 16.9 Å². The molecule has 2 rings (SSSR count). The Kier molecular flexibility index (Phi) is 4.10. The van der Waals surface area contributed by atoms with E-state index < -0.39 is 5.97 Å². The molecule has 102 valence electrons. The van der Waals surface area contributed by atoms with Gasteiger partial charge in [0.15, 0.2) is 0 Å². The monoisotopic (exact) mass is 270 g/mol. The van der Waals surface area contributed by atoms with E-state index in [2.05, 4.69) is 15.0 Å². The van der Waals surface area contributed by atoms with Crippen molar-refractivity contribution in [1.29, 1.82) is 0 Å². The molecule has 0 saturated heterocycles. The first-order chi connectivity index (χ1) is 9.60. The number of aromatic nitrogens is 1. The number of rotatable bonds is 3. The second-order valence-corrected chi connectivity index (χ2v) is 4.19. The van der Waals surface area contributed by atoms with Crippen LogP contribution >= 0.6 is 0 Å². The standard InChI is InChI=1S/C15H14N2O3/c1-10-4-3-5-13(16-10)17-14(18)11-6-8-12(9-7-11)15(19)20-2/h3-9H,1-2H3,(H,16,17,18). The summed E-state index contributed by atoms with van der Waals surface area (Å²) in [6.07, 6.45) is 0. The number of aryl methyl sites for hydroxylation is 1. The minimum atomic E-state index is -0.433. The number of nitrogens with zero attached hydrogens (tertiary/aromatic N) is 1. The second-order valence-electron chi connectivity index (χ2n) is 4.19. The Morgan fingerprint density at radius 3 is 2.30 bits per heavy atom. The second kappa shape index (κ2) is 5.97. The average Bonchev–Trinajstić information content (AvgIpc) is 2.46. The Labute approximate surface area is 116 Å². The smallest absolute Gasteiger partial charge is 0.337 e. The lowest BCUT2D eigenvalue weighted by Crippen LogP contribution is -2.13. The Balaban J connectivity index is 2.11. The summed E-state index contributed by atoms with van der Waals surface area (Å²) in [6.45, 7) is 1.85. The maximum atomic E-state index is 12.0. The topological polar surface area (TPSA) is 68.3 Å². The lowest BCUT2D eigenvalue weighted by Gasteiger charge is -2.05. The fourth-order valence-electron chi connectivity index (χ4n) is 1.68. The van der Waals surface area contributed by atoms with E-state index in [-0.39, 0.29) is 5.91 Å². The molecule has 0 aliphatic heterocycles. The molecular weight excluding hydrogens is 256 g/mol. The number of anilines is 1. The summed E-state index contributed by atoms with van der Waals surface area (Å²) in [5.41, 5.74) is 1.67. The summed E-state index contributed by atoms with van der Waals surface area (Å²) >= 11 is 0. The molecule has 5 heteroatoms. The van der Waals surface area contributed by atoms with Crippen LogP contribution in [0, 0.1) is 6.92 Å². The van der Waals surface area contributed by atoms with Crippen LogP contribution in [-0.2, 0) is 4.74 Å². The average molecular weight is 270 g/mol. The third kappa shape index (κ3) is 3.20. The van der Waals surface area contributed by atoms with Crippen LogP contribution in [-0.4, -0.2) is 24.0 Å². The minimum Gasteiger partial charge on any atom is -0.465 e. The minimum absolute atomic E-state index is 0.278. The highest BCUT2D eigenvalue weighted by atomic mass is 16.5. The number of ether oxygens (including phenoxy) is 1. The third-order valence-corrected chi connectivity index (χ3v) is 2.70. The van der Waals surface area contributed by atoms with Crippen molar-refractivity contribution >= 4 is 17.7 Å². The Bertz CT molecular complexity index is 636. The summed E-state index contributed by atoms with van der Waals surface area (Å²) in [6, 6.07) is 11.6. The summed E-state index contributed by atoms with van der Waals surface area (Å²) in [4.78, 5) is 27.5. The lowest BCUT2D eigenvalue weighted by molar-refractivity contribution is 0.0600. The zero-order valence-corrected chi connectivity index (χ0v) is 11.2. The van der Waals surface area contributed by atoms with Crippen LogP contribution in [0.1, 0.15) is 26.4 Å². The van der Waals surface area contributed by atoms with Gasteiger partial charge in [-0.15, -0.1) is 0 Å². The van der Waals surface area contributed by atoms with Crippen molar-refractivity contribution < 1.29 is 14.3 Å². The van der Waals surface area contributed by atoms with Gasteiger partial charge in [-0.25, -0.2) is 9.78 Å². The number of hydrogen-bond acceptors (Lipinski definition) is 4. The number of methoxy groups -OCH3 is 1. The van der Waals surface area contributed by atoms with Gasteiger partial charge in [0, 0.05) is 11.3 Å². The van der Waals surface area contributed by atoms with Crippen molar-refractivity contribution in [2.24, 2.45) is 0 Å². The molecule has 1 aromatic carbocycles. The Hall–Kier alpha value is -2.69. The highest BCUT2D eigenvalue weighted by Gasteiger charge is 2.09. The molecule has 20 heavy (non-hydrogen) atoms. The van der Waals surface area contributed by atoms with Crippen LogP contribution in [0.4, 0.5) is 5.82 Å². The summed E-state index contributed by atoms with van der Waals surface area (Å²) in [7, 11) is 1.31. The van der Waals surface area contributed by atoms with Gasteiger partial charge in [-0.3, -0.25) is 4.79 Å². The van der Waals surface area contributed by atoms with E-state index in [4.69, 9.17) is 0 Å². The molecule has 0 radical (unpaired) electrons. The van der Waals surface area contributed by atoms with Gasteiger partial charge < -0.3 is 10.1 Å². The summed E-state index contributed by atoms with van der Waals surface area (Å²) in [5.74, 6) is -0.219. The SMILES string of the molecule is COC(=O)c1ccc(C(=O)Nc2cccc(C)n2)cc1. The number of carbonyl (C=O) groups is 2. The van der Waals surface area contributed by atoms with Crippen molar-refractivity contribution in [3.05, 3.63) is 59.3 Å². The molecule has 1 N–H and O–H groups in total. The zero-order valence-electron chi connectivity index (χ0n) is 11.2. The number of pyridine rings is 1. The molecule has 1 heterocycles. The lowest BCUT2D eigenvalue weighted by atomic mass is 10.1. The van der Waals surface area contributed by atoms with Gasteiger partial charge in [-0.1, -0.05) is 6.07 Å². The molecule has 0 saturated carbocycles. The van der Waals surface area contributed by atoms with E-state index in [1.54, 1.807) is 30.3 Å². The normalized spacial score (nSPS) is 9.90. The molecule has 0 atom stereocenters. The Morgan fingerprint density at radius 2 is 1.70 bits per heavy atom. The van der Waals surface area contributed by atoms with E-state index >= 15 is 0 Å². The van der Waals surface area contributed by atoms with Gasteiger partial charge in [0.2, 0.25) is 0 Å². The van der Waals surface area contributed by atoms with Gasteiger partial charge >= 0.3 is 5.97 Å². The van der Waals surface area contributed by atoms with E-state index in [9.17, 15) is 9.59 Å². The van der Waals surface area contributed by atoms with E-state index in [1.807, 2.05) is 19.1 Å². The molecule has 0 aliphatic carbocycles. The zero-order chi connectivity index (χ0) is 14.5. The largest absolute Gasteiger partial charge is 0.465 e. The van der Waals surface area contributed by atoms with E-state index in [0.717, 1.165) is 5.69 Å². The maximum Gasteiger partial charge on any atom is 0.337 e. The molecule has 0 unspecified atom stereocenters. The van der Waals surface area contributed by atoms with Crippen molar-refractivity contribution in [3.63, 3.8) is 0 Å². The van der Waals surface area contributed by atoms with Crippen LogP contribution in [0.5, 0.6) is 0 Å². The van der Waals surface area contributed by atoms with Gasteiger partial charge in [0.05, 0.1) is 12.7 Å². The van der Waals surface area contributed by atoms with E-state index in [1.165, 1.54) is 7.11 Å².